The van der Waals surface area contributed by atoms with E-state index in [1.807, 2.05) is 48.7 Å². The van der Waals surface area contributed by atoms with E-state index >= 15 is 0 Å². The van der Waals surface area contributed by atoms with Crippen LogP contribution >= 0.6 is 34.7 Å². The molecule has 0 spiro atoms. The fourth-order valence-corrected chi connectivity index (χ4v) is 4.10. The molecule has 1 aromatic carbocycles. The van der Waals surface area contributed by atoms with Gasteiger partial charge in [0, 0.05) is 22.9 Å². The standard InChI is InChI=1S/C19H20ClN3O2S2/c1-2-23(13-17-21-19(22-25-17)16-5-3-12-27-16)18(24)6-4-11-26-15-9-7-14(20)8-10-15/h3,5,7-10,12H,2,4,6,11,13H2,1H3. The van der Waals surface area contributed by atoms with Gasteiger partial charge in [-0.25, -0.2) is 0 Å². The summed E-state index contributed by atoms with van der Waals surface area (Å²) in [4.78, 5) is 20.7. The first kappa shape index (κ1) is 19.9. The van der Waals surface area contributed by atoms with Crippen molar-refractivity contribution >= 4 is 40.6 Å². The van der Waals surface area contributed by atoms with Crippen LogP contribution < -0.4 is 0 Å². The van der Waals surface area contributed by atoms with Crippen LogP contribution in [0.2, 0.25) is 5.02 Å². The maximum absolute atomic E-state index is 12.5. The molecular formula is C19H20ClN3O2S2. The molecule has 8 heteroatoms. The van der Waals surface area contributed by atoms with Crippen LogP contribution in [-0.4, -0.2) is 33.2 Å². The predicted octanol–water partition coefficient (Wildman–Crippen LogP) is 5.37. The highest BCUT2D eigenvalue weighted by molar-refractivity contribution is 7.99. The van der Waals surface area contributed by atoms with Crippen molar-refractivity contribution in [2.24, 2.45) is 0 Å². The van der Waals surface area contributed by atoms with Crippen molar-refractivity contribution in [3.05, 3.63) is 52.7 Å². The molecule has 142 valence electrons. The van der Waals surface area contributed by atoms with Gasteiger partial charge in [0.05, 0.1) is 11.4 Å². The minimum absolute atomic E-state index is 0.102. The highest BCUT2D eigenvalue weighted by atomic mass is 35.5. The van der Waals surface area contributed by atoms with Gasteiger partial charge in [0.15, 0.2) is 0 Å². The molecule has 0 bridgehead atoms. The molecular weight excluding hydrogens is 402 g/mol. The molecule has 1 amide bonds. The van der Waals surface area contributed by atoms with Crippen LogP contribution in [0.5, 0.6) is 0 Å². The molecule has 27 heavy (non-hydrogen) atoms. The largest absolute Gasteiger partial charge is 0.337 e. The van der Waals surface area contributed by atoms with Gasteiger partial charge in [-0.05, 0) is 54.8 Å². The molecule has 5 nitrogen and oxygen atoms in total. The van der Waals surface area contributed by atoms with E-state index in [0.29, 0.717) is 31.2 Å². The van der Waals surface area contributed by atoms with Crippen LogP contribution in [0.3, 0.4) is 0 Å². The Labute approximate surface area is 171 Å². The molecule has 0 saturated carbocycles. The molecule has 2 heterocycles. The summed E-state index contributed by atoms with van der Waals surface area (Å²) in [6.07, 6.45) is 1.31. The molecule has 0 fully saturated rings. The Morgan fingerprint density at radius 1 is 1.30 bits per heavy atom. The van der Waals surface area contributed by atoms with E-state index in [1.165, 1.54) is 0 Å². The fraction of sp³-hybridized carbons (Fsp3) is 0.316. The average Bonchev–Trinajstić information content (AvgIpc) is 3.36. The third kappa shape index (κ3) is 5.82. The predicted molar refractivity (Wildman–Crippen MR) is 110 cm³/mol. The van der Waals surface area contributed by atoms with Gasteiger partial charge in [-0.2, -0.15) is 4.98 Å². The Kier molecular flexibility index (Phi) is 7.32. The second-order valence-electron chi connectivity index (χ2n) is 5.80. The zero-order chi connectivity index (χ0) is 19.1. The van der Waals surface area contributed by atoms with E-state index in [0.717, 1.165) is 27.0 Å². The number of benzene rings is 1. The van der Waals surface area contributed by atoms with Gasteiger partial charge in [-0.3, -0.25) is 4.79 Å². The van der Waals surface area contributed by atoms with E-state index in [1.54, 1.807) is 28.0 Å². The van der Waals surface area contributed by atoms with Crippen LogP contribution in [0, 0.1) is 0 Å². The van der Waals surface area contributed by atoms with Crippen molar-refractivity contribution in [3.63, 3.8) is 0 Å². The van der Waals surface area contributed by atoms with Gasteiger partial charge < -0.3 is 9.42 Å². The Morgan fingerprint density at radius 3 is 2.81 bits per heavy atom. The monoisotopic (exact) mass is 421 g/mol. The summed E-state index contributed by atoms with van der Waals surface area (Å²) in [7, 11) is 0. The topological polar surface area (TPSA) is 59.2 Å². The minimum Gasteiger partial charge on any atom is -0.337 e. The maximum atomic E-state index is 12.5. The number of amides is 1. The summed E-state index contributed by atoms with van der Waals surface area (Å²) in [5.41, 5.74) is 0. The van der Waals surface area contributed by atoms with Crippen molar-refractivity contribution in [2.75, 3.05) is 12.3 Å². The van der Waals surface area contributed by atoms with Crippen molar-refractivity contribution in [1.29, 1.82) is 0 Å². The molecule has 0 aliphatic heterocycles. The molecule has 3 aromatic rings. The normalized spacial score (nSPS) is 10.9. The summed E-state index contributed by atoms with van der Waals surface area (Å²) in [6, 6.07) is 11.6. The van der Waals surface area contributed by atoms with Gasteiger partial charge in [0.2, 0.25) is 17.6 Å². The highest BCUT2D eigenvalue weighted by Crippen LogP contribution is 2.23. The van der Waals surface area contributed by atoms with Crippen molar-refractivity contribution in [1.82, 2.24) is 15.0 Å². The lowest BCUT2D eigenvalue weighted by atomic mass is 10.3. The Balaban J connectivity index is 1.45. The van der Waals surface area contributed by atoms with Crippen LogP contribution in [0.15, 0.2) is 51.2 Å². The maximum Gasteiger partial charge on any atom is 0.246 e. The Bertz CT molecular complexity index is 850. The molecule has 0 N–H and O–H groups in total. The lowest BCUT2D eigenvalue weighted by molar-refractivity contribution is -0.131. The highest BCUT2D eigenvalue weighted by Gasteiger charge is 2.16. The first-order valence-electron chi connectivity index (χ1n) is 8.68. The molecule has 0 saturated heterocycles. The van der Waals surface area contributed by atoms with E-state index in [9.17, 15) is 4.79 Å². The van der Waals surface area contributed by atoms with Crippen LogP contribution in [0.25, 0.3) is 10.7 Å². The number of thioether (sulfide) groups is 1. The van der Waals surface area contributed by atoms with Gasteiger partial charge in [-0.15, -0.1) is 23.1 Å². The van der Waals surface area contributed by atoms with Crippen LogP contribution in [0.1, 0.15) is 25.7 Å². The van der Waals surface area contributed by atoms with Gasteiger partial charge in [0.25, 0.3) is 0 Å². The summed E-state index contributed by atoms with van der Waals surface area (Å²) in [6.45, 7) is 2.91. The molecule has 0 aliphatic rings. The van der Waals surface area contributed by atoms with Gasteiger partial charge in [-0.1, -0.05) is 22.8 Å². The number of carbonyl (C=O) groups is 1. The summed E-state index contributed by atoms with van der Waals surface area (Å²) in [5, 5.41) is 6.69. The van der Waals surface area contributed by atoms with Crippen LogP contribution in [0.4, 0.5) is 0 Å². The lowest BCUT2D eigenvalue weighted by Gasteiger charge is -2.18. The van der Waals surface area contributed by atoms with Crippen molar-refractivity contribution < 1.29 is 9.32 Å². The number of nitrogens with zero attached hydrogens (tertiary/aromatic N) is 3. The molecule has 0 atom stereocenters. The van der Waals surface area contributed by atoms with Crippen LogP contribution in [-0.2, 0) is 11.3 Å². The van der Waals surface area contributed by atoms with Gasteiger partial charge >= 0.3 is 0 Å². The molecule has 2 aromatic heterocycles. The SMILES string of the molecule is CCN(Cc1nc(-c2cccs2)no1)C(=O)CCCSc1ccc(Cl)cc1. The number of aromatic nitrogens is 2. The number of rotatable bonds is 9. The molecule has 0 aliphatic carbocycles. The number of halogens is 1. The second-order valence-corrected chi connectivity index (χ2v) is 8.36. The third-order valence-corrected chi connectivity index (χ3v) is 6.10. The summed E-state index contributed by atoms with van der Waals surface area (Å²) in [5.74, 6) is 2.02. The number of hydrogen-bond acceptors (Lipinski definition) is 6. The summed E-state index contributed by atoms with van der Waals surface area (Å²) < 4.78 is 5.30. The Morgan fingerprint density at radius 2 is 2.11 bits per heavy atom. The smallest absolute Gasteiger partial charge is 0.246 e. The second kappa shape index (κ2) is 9.92. The molecule has 3 rings (SSSR count). The fourth-order valence-electron chi connectivity index (χ4n) is 2.47. The first-order valence-corrected chi connectivity index (χ1v) is 10.9. The Hall–Kier alpha value is -1.83. The average molecular weight is 422 g/mol. The van der Waals surface area contributed by atoms with Crippen molar-refractivity contribution in [2.45, 2.75) is 31.2 Å². The lowest BCUT2D eigenvalue weighted by Crippen LogP contribution is -2.30. The van der Waals surface area contributed by atoms with Crippen molar-refractivity contribution in [3.8, 4) is 10.7 Å². The molecule has 0 radical (unpaired) electrons. The van der Waals surface area contributed by atoms with E-state index in [4.69, 9.17) is 16.1 Å². The van der Waals surface area contributed by atoms with E-state index in [2.05, 4.69) is 10.1 Å². The summed E-state index contributed by atoms with van der Waals surface area (Å²) >= 11 is 9.17. The quantitative estimate of drug-likeness (QED) is 0.343. The van der Waals surface area contributed by atoms with E-state index in [-0.39, 0.29) is 5.91 Å². The number of hydrogen-bond donors (Lipinski definition) is 0. The first-order chi connectivity index (χ1) is 13.2. The number of carbonyl (C=O) groups excluding carboxylic acids is 1. The zero-order valence-electron chi connectivity index (χ0n) is 14.9. The van der Waals surface area contributed by atoms with Gasteiger partial charge in [0.1, 0.15) is 0 Å². The third-order valence-electron chi connectivity index (χ3n) is 3.89. The molecule has 0 unspecified atom stereocenters. The zero-order valence-corrected chi connectivity index (χ0v) is 17.3. The number of thiophene rings is 1. The minimum atomic E-state index is 0.102. The van der Waals surface area contributed by atoms with E-state index < -0.39 is 0 Å².